The molecule has 114 valence electrons. The van der Waals surface area contributed by atoms with Gasteiger partial charge in [-0.25, -0.2) is 0 Å². The number of guanidine groups is 1. The number of thiophene rings is 1. The van der Waals surface area contributed by atoms with E-state index in [1.165, 1.54) is 16.0 Å². The molecule has 0 atom stereocenters. The Morgan fingerprint density at radius 3 is 2.81 bits per heavy atom. The van der Waals surface area contributed by atoms with Crippen LogP contribution in [0.2, 0.25) is 0 Å². The van der Waals surface area contributed by atoms with Crippen molar-refractivity contribution in [3.63, 3.8) is 0 Å². The third-order valence-corrected chi connectivity index (χ3v) is 3.96. The maximum Gasteiger partial charge on any atom is 0.188 e. The number of aryl methyl sites for hydroxylation is 1. The molecule has 0 fully saturated rings. The zero-order valence-corrected chi connectivity index (χ0v) is 15.4. The Kier molecular flexibility index (Phi) is 8.37. The predicted octanol–water partition coefficient (Wildman–Crippen LogP) is 3.36. The van der Waals surface area contributed by atoms with Crippen molar-refractivity contribution in [2.24, 2.45) is 10.7 Å². The minimum atomic E-state index is 0. The standard InChI is InChI=1S/C16H21N3S.HI/c1-13-4-2-5-14(12-13)7-9-18-16(17)19-10-8-15-6-3-11-20-15;/h2-6,11-12H,7-10H2,1H3,(H3,17,18,19);1H. The minimum absolute atomic E-state index is 0. The summed E-state index contributed by atoms with van der Waals surface area (Å²) in [4.78, 5) is 5.69. The number of hydrogen-bond acceptors (Lipinski definition) is 2. The number of hydrogen-bond donors (Lipinski definition) is 2. The lowest BCUT2D eigenvalue weighted by atomic mass is 10.1. The fourth-order valence-electron chi connectivity index (χ4n) is 2.00. The van der Waals surface area contributed by atoms with Crippen molar-refractivity contribution in [1.82, 2.24) is 5.32 Å². The summed E-state index contributed by atoms with van der Waals surface area (Å²) >= 11 is 1.76. The smallest absolute Gasteiger partial charge is 0.188 e. The Bertz CT molecular complexity index is 552. The Hall–Kier alpha value is -1.08. The first-order valence-corrected chi connectivity index (χ1v) is 7.74. The molecule has 0 spiro atoms. The Labute approximate surface area is 147 Å². The van der Waals surface area contributed by atoms with Crippen molar-refractivity contribution in [3.8, 4) is 0 Å². The van der Waals surface area contributed by atoms with E-state index in [4.69, 9.17) is 5.73 Å². The van der Waals surface area contributed by atoms with E-state index < -0.39 is 0 Å². The molecule has 2 rings (SSSR count). The summed E-state index contributed by atoms with van der Waals surface area (Å²) in [6.45, 7) is 3.67. The topological polar surface area (TPSA) is 50.4 Å². The van der Waals surface area contributed by atoms with E-state index in [0.29, 0.717) is 5.96 Å². The zero-order valence-electron chi connectivity index (χ0n) is 12.2. The molecule has 0 bridgehead atoms. The van der Waals surface area contributed by atoms with Crippen LogP contribution in [0, 0.1) is 6.92 Å². The molecule has 3 N–H and O–H groups in total. The first kappa shape index (κ1) is 18.0. The monoisotopic (exact) mass is 415 g/mol. The van der Waals surface area contributed by atoms with E-state index in [9.17, 15) is 0 Å². The van der Waals surface area contributed by atoms with E-state index in [2.05, 4.69) is 59.0 Å². The van der Waals surface area contributed by atoms with Crippen LogP contribution in [0.15, 0.2) is 46.8 Å². The molecule has 5 heteroatoms. The lowest BCUT2D eigenvalue weighted by Gasteiger charge is -2.06. The molecule has 0 saturated carbocycles. The number of nitrogens with zero attached hydrogens (tertiary/aromatic N) is 1. The summed E-state index contributed by atoms with van der Waals surface area (Å²) in [5.41, 5.74) is 8.46. The molecule has 1 heterocycles. The Morgan fingerprint density at radius 2 is 2.10 bits per heavy atom. The maximum atomic E-state index is 5.85. The van der Waals surface area contributed by atoms with Gasteiger partial charge in [-0.3, -0.25) is 4.99 Å². The van der Waals surface area contributed by atoms with E-state index in [1.807, 2.05) is 0 Å². The number of halogens is 1. The van der Waals surface area contributed by atoms with E-state index in [1.54, 1.807) is 11.3 Å². The first-order chi connectivity index (χ1) is 9.74. The molecule has 21 heavy (non-hydrogen) atoms. The first-order valence-electron chi connectivity index (χ1n) is 6.86. The highest BCUT2D eigenvalue weighted by Gasteiger charge is 1.96. The van der Waals surface area contributed by atoms with Gasteiger partial charge in [-0.2, -0.15) is 0 Å². The Morgan fingerprint density at radius 1 is 1.24 bits per heavy atom. The van der Waals surface area contributed by atoms with Gasteiger partial charge in [0.05, 0.1) is 0 Å². The van der Waals surface area contributed by atoms with Crippen LogP contribution in [0.5, 0.6) is 0 Å². The average Bonchev–Trinajstić information content (AvgIpc) is 2.92. The Balaban J connectivity index is 0.00000220. The van der Waals surface area contributed by atoms with E-state index in [-0.39, 0.29) is 24.0 Å². The lowest BCUT2D eigenvalue weighted by molar-refractivity contribution is 0.844. The highest BCUT2D eigenvalue weighted by atomic mass is 127. The number of aliphatic imine (C=N–C) groups is 1. The highest BCUT2D eigenvalue weighted by Crippen LogP contribution is 2.08. The number of nitrogens with two attached hydrogens (primary N) is 1. The van der Waals surface area contributed by atoms with Crippen molar-refractivity contribution >= 4 is 41.3 Å². The van der Waals surface area contributed by atoms with Gasteiger partial charge in [-0.1, -0.05) is 35.9 Å². The summed E-state index contributed by atoms with van der Waals surface area (Å²) < 4.78 is 0. The van der Waals surface area contributed by atoms with Crippen molar-refractivity contribution in [2.75, 3.05) is 13.1 Å². The van der Waals surface area contributed by atoms with Gasteiger partial charge < -0.3 is 11.1 Å². The summed E-state index contributed by atoms with van der Waals surface area (Å²) in [6.07, 6.45) is 1.92. The van der Waals surface area contributed by atoms with Crippen molar-refractivity contribution < 1.29 is 0 Å². The zero-order chi connectivity index (χ0) is 14.2. The average molecular weight is 415 g/mol. The number of rotatable bonds is 6. The van der Waals surface area contributed by atoms with Gasteiger partial charge in [0.1, 0.15) is 0 Å². The second-order valence-corrected chi connectivity index (χ2v) is 5.79. The molecule has 0 unspecified atom stereocenters. The molecule has 3 nitrogen and oxygen atoms in total. The molecule has 2 aromatic rings. The molecule has 0 radical (unpaired) electrons. The lowest BCUT2D eigenvalue weighted by Crippen LogP contribution is -2.33. The third-order valence-electron chi connectivity index (χ3n) is 3.02. The number of benzene rings is 1. The summed E-state index contributed by atoms with van der Waals surface area (Å²) in [5.74, 6) is 0.536. The van der Waals surface area contributed by atoms with Crippen LogP contribution in [0.3, 0.4) is 0 Å². The second-order valence-electron chi connectivity index (χ2n) is 4.76. The van der Waals surface area contributed by atoms with Crippen LogP contribution in [-0.2, 0) is 12.8 Å². The van der Waals surface area contributed by atoms with Gasteiger partial charge >= 0.3 is 0 Å². The van der Waals surface area contributed by atoms with Gasteiger partial charge in [0.25, 0.3) is 0 Å². The molecule has 0 aliphatic heterocycles. The van der Waals surface area contributed by atoms with Gasteiger partial charge in [-0.15, -0.1) is 35.3 Å². The quantitative estimate of drug-likeness (QED) is 0.432. The summed E-state index contributed by atoms with van der Waals surface area (Å²) in [7, 11) is 0. The van der Waals surface area contributed by atoms with Crippen molar-refractivity contribution in [2.45, 2.75) is 19.8 Å². The van der Waals surface area contributed by atoms with Gasteiger partial charge in [0.2, 0.25) is 0 Å². The van der Waals surface area contributed by atoms with Gasteiger partial charge in [0, 0.05) is 24.4 Å². The normalized spacial score (nSPS) is 11.0. The molecular formula is C16H22IN3S. The molecule has 1 aromatic heterocycles. The van der Waals surface area contributed by atoms with Crippen LogP contribution in [0.4, 0.5) is 0 Å². The fraction of sp³-hybridized carbons (Fsp3) is 0.312. The molecule has 0 amide bonds. The van der Waals surface area contributed by atoms with Crippen LogP contribution >= 0.6 is 35.3 Å². The van der Waals surface area contributed by atoms with Gasteiger partial charge in [-0.05, 0) is 30.4 Å². The molecule has 1 aromatic carbocycles. The second kappa shape index (κ2) is 9.78. The number of nitrogens with one attached hydrogen (secondary N) is 1. The van der Waals surface area contributed by atoms with E-state index >= 15 is 0 Å². The van der Waals surface area contributed by atoms with Crippen molar-refractivity contribution in [1.29, 1.82) is 0 Å². The molecule has 0 saturated heterocycles. The van der Waals surface area contributed by atoms with E-state index in [0.717, 1.165) is 25.9 Å². The largest absolute Gasteiger partial charge is 0.370 e. The minimum Gasteiger partial charge on any atom is -0.370 e. The van der Waals surface area contributed by atoms with Crippen LogP contribution < -0.4 is 11.1 Å². The SMILES string of the molecule is Cc1cccc(CCNC(N)=NCCc2cccs2)c1.I. The molecule has 0 aliphatic carbocycles. The van der Waals surface area contributed by atoms with Crippen LogP contribution in [0.25, 0.3) is 0 Å². The highest BCUT2D eigenvalue weighted by molar-refractivity contribution is 14.0. The van der Waals surface area contributed by atoms with Crippen LogP contribution in [-0.4, -0.2) is 19.0 Å². The molecule has 0 aliphatic rings. The predicted molar refractivity (Wildman–Crippen MR) is 103 cm³/mol. The van der Waals surface area contributed by atoms with Crippen molar-refractivity contribution in [3.05, 3.63) is 57.8 Å². The summed E-state index contributed by atoms with van der Waals surface area (Å²) in [6, 6.07) is 12.7. The maximum absolute atomic E-state index is 5.85. The summed E-state index contributed by atoms with van der Waals surface area (Å²) in [5, 5.41) is 5.25. The fourth-order valence-corrected chi connectivity index (χ4v) is 2.70. The van der Waals surface area contributed by atoms with Crippen LogP contribution in [0.1, 0.15) is 16.0 Å². The van der Waals surface area contributed by atoms with Gasteiger partial charge in [0.15, 0.2) is 5.96 Å². The molecular weight excluding hydrogens is 393 g/mol. The third kappa shape index (κ3) is 6.95.